The van der Waals surface area contributed by atoms with E-state index < -0.39 is 17.7 Å². The van der Waals surface area contributed by atoms with Crippen molar-refractivity contribution < 1.29 is 19.4 Å². The molecule has 1 aliphatic heterocycles. The highest BCUT2D eigenvalue weighted by Crippen LogP contribution is 2.25. The van der Waals surface area contributed by atoms with Crippen molar-refractivity contribution in [3.8, 4) is 0 Å². The number of nitrogens with one attached hydrogen (secondary N) is 1. The summed E-state index contributed by atoms with van der Waals surface area (Å²) in [4.78, 5) is 11.2. The first-order valence-corrected chi connectivity index (χ1v) is 7.35. The number of amides is 1. The van der Waals surface area contributed by atoms with Crippen molar-refractivity contribution in [1.29, 1.82) is 0 Å². The van der Waals surface area contributed by atoms with Crippen LogP contribution in [-0.4, -0.2) is 35.6 Å². The van der Waals surface area contributed by atoms with E-state index in [9.17, 15) is 9.90 Å². The van der Waals surface area contributed by atoms with Crippen molar-refractivity contribution in [2.45, 2.75) is 51.0 Å². The van der Waals surface area contributed by atoms with Crippen molar-refractivity contribution >= 4 is 6.09 Å². The Bertz CT molecular complexity index is 461. The van der Waals surface area contributed by atoms with Gasteiger partial charge in [0.2, 0.25) is 0 Å². The Morgan fingerprint density at radius 1 is 1.48 bits per heavy atom. The summed E-state index contributed by atoms with van der Waals surface area (Å²) in [7, 11) is 0. The first-order chi connectivity index (χ1) is 10.0. The van der Waals surface area contributed by atoms with E-state index in [0.717, 1.165) is 12.0 Å². The first-order valence-electron chi connectivity index (χ1n) is 7.35. The summed E-state index contributed by atoms with van der Waals surface area (Å²) in [5, 5.41) is 13.4. The van der Waals surface area contributed by atoms with Crippen LogP contribution in [0.5, 0.6) is 0 Å². The van der Waals surface area contributed by atoms with Crippen LogP contribution in [0.15, 0.2) is 30.3 Å². The fourth-order valence-electron chi connectivity index (χ4n) is 2.50. The average Bonchev–Trinajstić information content (AvgIpc) is 2.92. The third-order valence-electron chi connectivity index (χ3n) is 3.88. The number of ether oxygens (including phenoxy) is 2. The van der Waals surface area contributed by atoms with E-state index in [1.807, 2.05) is 37.3 Å². The lowest BCUT2D eigenvalue weighted by Gasteiger charge is -2.36. The molecular weight excluding hydrogens is 270 g/mol. The topological polar surface area (TPSA) is 67.8 Å². The highest BCUT2D eigenvalue weighted by molar-refractivity contribution is 5.69. The summed E-state index contributed by atoms with van der Waals surface area (Å²) in [5.74, 6) is 0. The number of carbonyl (C=O) groups is 1. The van der Waals surface area contributed by atoms with Crippen molar-refractivity contribution in [1.82, 2.24) is 5.32 Å². The van der Waals surface area contributed by atoms with Gasteiger partial charge in [0.25, 0.3) is 0 Å². The largest absolute Gasteiger partial charge is 0.447 e. The molecule has 116 valence electrons. The summed E-state index contributed by atoms with van der Waals surface area (Å²) < 4.78 is 10.8. The molecule has 21 heavy (non-hydrogen) atoms. The van der Waals surface area contributed by atoms with Gasteiger partial charge in [-0.25, -0.2) is 4.79 Å². The molecule has 1 fully saturated rings. The molecule has 0 unspecified atom stereocenters. The lowest BCUT2D eigenvalue weighted by Crippen LogP contribution is -2.56. The molecule has 0 aliphatic carbocycles. The maximum absolute atomic E-state index is 11.2. The van der Waals surface area contributed by atoms with E-state index in [1.54, 1.807) is 6.92 Å². The van der Waals surface area contributed by atoms with Crippen LogP contribution in [0.1, 0.15) is 32.3 Å². The molecule has 0 spiro atoms. The Kier molecular flexibility index (Phi) is 5.20. The molecule has 1 amide bonds. The standard InChI is InChI=1S/C16H23NO4/c1-3-7-14(20-10-12-8-5-4-6-9-12)16(2,19)13-11-21-15(18)17-13/h4-6,8-9,13-14,19H,3,7,10-11H2,1-2H3,(H,17,18)/t13-,14+,16+/m0/s1. The highest BCUT2D eigenvalue weighted by atomic mass is 16.6. The molecular formula is C16H23NO4. The molecule has 1 saturated heterocycles. The molecule has 0 radical (unpaired) electrons. The van der Waals surface area contributed by atoms with Crippen LogP contribution in [0, 0.1) is 0 Å². The van der Waals surface area contributed by atoms with Gasteiger partial charge in [0.05, 0.1) is 18.8 Å². The van der Waals surface area contributed by atoms with Crippen molar-refractivity contribution in [2.75, 3.05) is 6.61 Å². The minimum absolute atomic E-state index is 0.167. The first kappa shape index (κ1) is 15.8. The monoisotopic (exact) mass is 293 g/mol. The summed E-state index contributed by atoms with van der Waals surface area (Å²) in [5.41, 5.74) is -0.113. The normalized spacial score (nSPS) is 22.2. The van der Waals surface area contributed by atoms with E-state index in [2.05, 4.69) is 5.32 Å². The maximum Gasteiger partial charge on any atom is 0.407 e. The molecule has 1 aliphatic rings. The van der Waals surface area contributed by atoms with Gasteiger partial charge >= 0.3 is 6.09 Å². The maximum atomic E-state index is 11.2. The van der Waals surface area contributed by atoms with E-state index in [4.69, 9.17) is 9.47 Å². The summed E-state index contributed by atoms with van der Waals surface area (Å²) in [6, 6.07) is 9.38. The van der Waals surface area contributed by atoms with Gasteiger partial charge in [-0.1, -0.05) is 43.7 Å². The molecule has 3 atom stereocenters. The number of rotatable bonds is 7. The lowest BCUT2D eigenvalue weighted by molar-refractivity contribution is -0.124. The van der Waals surface area contributed by atoms with Gasteiger partial charge in [-0.15, -0.1) is 0 Å². The van der Waals surface area contributed by atoms with Crippen LogP contribution in [0.25, 0.3) is 0 Å². The van der Waals surface area contributed by atoms with Crippen molar-refractivity contribution in [2.24, 2.45) is 0 Å². The minimum Gasteiger partial charge on any atom is -0.447 e. The minimum atomic E-state index is -1.17. The molecule has 1 aromatic carbocycles. The second kappa shape index (κ2) is 6.91. The summed E-state index contributed by atoms with van der Waals surface area (Å²) in [6.45, 7) is 4.33. The Hall–Kier alpha value is -1.59. The number of hydrogen-bond acceptors (Lipinski definition) is 4. The predicted octanol–water partition coefficient (Wildman–Crippen LogP) is 2.23. The Balaban J connectivity index is 2.01. The number of aliphatic hydroxyl groups is 1. The van der Waals surface area contributed by atoms with Crippen LogP contribution in [-0.2, 0) is 16.1 Å². The second-order valence-electron chi connectivity index (χ2n) is 5.60. The fourth-order valence-corrected chi connectivity index (χ4v) is 2.50. The van der Waals surface area contributed by atoms with Gasteiger partial charge < -0.3 is 19.9 Å². The zero-order valence-electron chi connectivity index (χ0n) is 12.5. The highest BCUT2D eigenvalue weighted by Gasteiger charge is 2.44. The zero-order valence-corrected chi connectivity index (χ0v) is 12.5. The molecule has 5 nitrogen and oxygen atoms in total. The molecule has 0 saturated carbocycles. The SMILES string of the molecule is CCC[C@@H](OCc1ccccc1)[C@](C)(O)[C@@H]1COC(=O)N1. The average molecular weight is 293 g/mol. The quantitative estimate of drug-likeness (QED) is 0.809. The van der Waals surface area contributed by atoms with E-state index in [1.165, 1.54) is 0 Å². The van der Waals surface area contributed by atoms with Gasteiger partial charge in [0.15, 0.2) is 0 Å². The summed E-state index contributed by atoms with van der Waals surface area (Å²) >= 11 is 0. The van der Waals surface area contributed by atoms with Crippen LogP contribution in [0.4, 0.5) is 4.79 Å². The second-order valence-corrected chi connectivity index (χ2v) is 5.60. The van der Waals surface area contributed by atoms with Crippen LogP contribution >= 0.6 is 0 Å². The summed E-state index contributed by atoms with van der Waals surface area (Å²) in [6.07, 6.45) is 0.747. The Labute approximate surface area is 125 Å². The predicted molar refractivity (Wildman–Crippen MR) is 78.8 cm³/mol. The van der Waals surface area contributed by atoms with Crippen LogP contribution < -0.4 is 5.32 Å². The molecule has 1 heterocycles. The lowest BCUT2D eigenvalue weighted by atomic mass is 9.88. The molecule has 1 aromatic rings. The number of alkyl carbamates (subject to hydrolysis) is 1. The van der Waals surface area contributed by atoms with Crippen LogP contribution in [0.3, 0.4) is 0 Å². The number of hydrogen-bond donors (Lipinski definition) is 2. The molecule has 0 aromatic heterocycles. The van der Waals surface area contributed by atoms with Crippen LogP contribution in [0.2, 0.25) is 0 Å². The Morgan fingerprint density at radius 3 is 2.76 bits per heavy atom. The van der Waals surface area contributed by atoms with E-state index >= 15 is 0 Å². The van der Waals surface area contributed by atoms with Gasteiger partial charge in [-0.3, -0.25) is 0 Å². The number of carbonyl (C=O) groups excluding carboxylic acids is 1. The van der Waals surface area contributed by atoms with Gasteiger partial charge in [-0.05, 0) is 18.9 Å². The van der Waals surface area contributed by atoms with Gasteiger partial charge in [-0.2, -0.15) is 0 Å². The molecule has 5 heteroatoms. The van der Waals surface area contributed by atoms with E-state index in [-0.39, 0.29) is 12.7 Å². The number of cyclic esters (lactones) is 1. The molecule has 0 bridgehead atoms. The number of benzene rings is 1. The van der Waals surface area contributed by atoms with Gasteiger partial charge in [0, 0.05) is 0 Å². The van der Waals surface area contributed by atoms with E-state index in [0.29, 0.717) is 13.0 Å². The van der Waals surface area contributed by atoms with Crippen molar-refractivity contribution in [3.63, 3.8) is 0 Å². The zero-order chi connectivity index (χ0) is 15.3. The van der Waals surface area contributed by atoms with Crippen molar-refractivity contribution in [3.05, 3.63) is 35.9 Å². The third kappa shape index (κ3) is 3.95. The molecule has 2 N–H and O–H groups in total. The van der Waals surface area contributed by atoms with Gasteiger partial charge in [0.1, 0.15) is 12.2 Å². The molecule has 2 rings (SSSR count). The smallest absolute Gasteiger partial charge is 0.407 e. The third-order valence-corrected chi connectivity index (χ3v) is 3.88. The Morgan fingerprint density at radius 2 is 2.19 bits per heavy atom. The fraction of sp³-hybridized carbons (Fsp3) is 0.562.